The van der Waals surface area contributed by atoms with Gasteiger partial charge >= 0.3 is 0 Å². The predicted molar refractivity (Wildman–Crippen MR) is 113 cm³/mol. The van der Waals surface area contributed by atoms with Gasteiger partial charge in [0.2, 0.25) is 0 Å². The van der Waals surface area contributed by atoms with Gasteiger partial charge in [0, 0.05) is 31.3 Å². The maximum absolute atomic E-state index is 9.57. The quantitative estimate of drug-likeness (QED) is 0.601. The van der Waals surface area contributed by atoms with E-state index in [0.717, 1.165) is 47.5 Å². The van der Waals surface area contributed by atoms with E-state index in [2.05, 4.69) is 53.6 Å². The molecule has 0 bridgehead atoms. The molecule has 0 unspecified atom stereocenters. The fraction of sp³-hybridized carbons (Fsp3) is 0.391. The summed E-state index contributed by atoms with van der Waals surface area (Å²) in [5, 5.41) is 10.6. The van der Waals surface area contributed by atoms with Gasteiger partial charge in [-0.25, -0.2) is 4.98 Å². The number of methoxy groups -OCH3 is 1. The van der Waals surface area contributed by atoms with Crippen molar-refractivity contribution in [3.63, 3.8) is 0 Å². The number of rotatable bonds is 6. The highest BCUT2D eigenvalue weighted by atomic mass is 16.5. The minimum Gasteiger partial charge on any atom is -0.382 e. The van der Waals surface area contributed by atoms with Crippen molar-refractivity contribution in [1.82, 2.24) is 9.55 Å². The largest absolute Gasteiger partial charge is 0.382 e. The zero-order chi connectivity index (χ0) is 20.4. The first-order valence-corrected chi connectivity index (χ1v) is 9.93. The highest BCUT2D eigenvalue weighted by Crippen LogP contribution is 2.34. The molecule has 1 aliphatic rings. The smallest absolute Gasteiger partial charge is 0.155 e. The predicted octanol–water partition coefficient (Wildman–Crippen LogP) is 3.71. The zero-order valence-electron chi connectivity index (χ0n) is 17.2. The molecule has 150 valence electrons. The van der Waals surface area contributed by atoms with Crippen LogP contribution >= 0.6 is 0 Å². The highest BCUT2D eigenvalue weighted by molar-refractivity contribution is 5.94. The van der Waals surface area contributed by atoms with E-state index in [0.29, 0.717) is 25.6 Å². The lowest BCUT2D eigenvalue weighted by molar-refractivity contribution is 0.0353. The van der Waals surface area contributed by atoms with Gasteiger partial charge in [-0.05, 0) is 43.0 Å². The van der Waals surface area contributed by atoms with E-state index in [-0.39, 0.29) is 0 Å². The van der Waals surface area contributed by atoms with Gasteiger partial charge in [-0.2, -0.15) is 5.26 Å². The van der Waals surface area contributed by atoms with E-state index in [4.69, 9.17) is 14.5 Å². The molecule has 0 saturated carbocycles. The van der Waals surface area contributed by atoms with Crippen LogP contribution < -0.4 is 4.90 Å². The Bertz CT molecular complexity index is 1080. The van der Waals surface area contributed by atoms with Crippen LogP contribution in [0.1, 0.15) is 28.1 Å². The van der Waals surface area contributed by atoms with Gasteiger partial charge in [0.1, 0.15) is 18.5 Å². The normalized spacial score (nSPS) is 13.5. The van der Waals surface area contributed by atoms with Gasteiger partial charge in [0.05, 0.1) is 18.7 Å². The second kappa shape index (κ2) is 8.24. The lowest BCUT2D eigenvalue weighted by atomic mass is 10.00. The summed E-state index contributed by atoms with van der Waals surface area (Å²) in [5.74, 6) is 0.861. The molecule has 0 fully saturated rings. The van der Waals surface area contributed by atoms with Crippen molar-refractivity contribution >= 4 is 16.7 Å². The van der Waals surface area contributed by atoms with E-state index in [1.54, 1.807) is 7.11 Å². The standard InChI is InChI=1S/C23H26N4O2/c1-16-17(2)27(15-29-11-10-28-3)22-21(16)12-20(13-24)25-23(22)26-9-8-18-6-4-5-7-19(18)14-26/h4-7,12H,8-11,14-15H2,1-3H3. The highest BCUT2D eigenvalue weighted by Gasteiger charge is 2.24. The first kappa shape index (κ1) is 19.4. The van der Waals surface area contributed by atoms with Crippen LogP contribution in [0.3, 0.4) is 0 Å². The summed E-state index contributed by atoms with van der Waals surface area (Å²) in [7, 11) is 1.67. The van der Waals surface area contributed by atoms with Gasteiger partial charge in [-0.1, -0.05) is 24.3 Å². The number of pyridine rings is 1. The van der Waals surface area contributed by atoms with Crippen molar-refractivity contribution in [3.05, 3.63) is 58.4 Å². The molecule has 3 aromatic rings. The molecule has 6 heteroatoms. The van der Waals surface area contributed by atoms with Crippen molar-refractivity contribution in [1.29, 1.82) is 5.26 Å². The second-order valence-corrected chi connectivity index (χ2v) is 7.45. The number of benzene rings is 1. The summed E-state index contributed by atoms with van der Waals surface area (Å²) < 4.78 is 13.1. The molecule has 0 amide bonds. The van der Waals surface area contributed by atoms with Gasteiger partial charge in [-0.3, -0.25) is 0 Å². The number of ether oxygens (including phenoxy) is 2. The van der Waals surface area contributed by atoms with Crippen molar-refractivity contribution in [2.24, 2.45) is 0 Å². The number of nitrogens with zero attached hydrogens (tertiary/aromatic N) is 4. The molecule has 2 aromatic heterocycles. The van der Waals surface area contributed by atoms with Crippen LogP contribution in [0.2, 0.25) is 0 Å². The Morgan fingerprint density at radius 3 is 2.72 bits per heavy atom. The summed E-state index contributed by atoms with van der Waals surface area (Å²) in [4.78, 5) is 7.03. The average molecular weight is 390 g/mol. The maximum Gasteiger partial charge on any atom is 0.155 e. The van der Waals surface area contributed by atoms with Crippen molar-refractivity contribution in [3.8, 4) is 6.07 Å². The molecule has 1 aliphatic heterocycles. The molecule has 0 N–H and O–H groups in total. The lowest BCUT2D eigenvalue weighted by Gasteiger charge is -2.30. The van der Waals surface area contributed by atoms with Crippen LogP contribution in [-0.4, -0.2) is 36.4 Å². The fourth-order valence-electron chi connectivity index (χ4n) is 4.06. The Labute approximate surface area is 171 Å². The molecule has 29 heavy (non-hydrogen) atoms. The second-order valence-electron chi connectivity index (χ2n) is 7.45. The Balaban J connectivity index is 1.80. The Hall–Kier alpha value is -2.88. The number of hydrogen-bond donors (Lipinski definition) is 0. The maximum atomic E-state index is 9.57. The van der Waals surface area contributed by atoms with Gasteiger partial charge < -0.3 is 18.9 Å². The number of aromatic nitrogens is 2. The van der Waals surface area contributed by atoms with E-state index in [1.165, 1.54) is 11.1 Å². The van der Waals surface area contributed by atoms with Gasteiger partial charge in [-0.15, -0.1) is 0 Å². The molecule has 3 heterocycles. The van der Waals surface area contributed by atoms with Crippen LogP contribution in [0.15, 0.2) is 30.3 Å². The van der Waals surface area contributed by atoms with Crippen LogP contribution in [0.4, 0.5) is 5.82 Å². The minimum absolute atomic E-state index is 0.435. The number of hydrogen-bond acceptors (Lipinski definition) is 5. The molecule has 0 saturated heterocycles. The molecule has 4 rings (SSSR count). The number of anilines is 1. The van der Waals surface area contributed by atoms with Crippen molar-refractivity contribution < 1.29 is 9.47 Å². The van der Waals surface area contributed by atoms with Crippen molar-refractivity contribution in [2.75, 3.05) is 31.8 Å². The first-order chi connectivity index (χ1) is 14.1. The summed E-state index contributed by atoms with van der Waals surface area (Å²) in [6, 6.07) is 12.7. The van der Waals surface area contributed by atoms with Crippen molar-refractivity contribution in [2.45, 2.75) is 33.5 Å². The van der Waals surface area contributed by atoms with Gasteiger partial charge in [0.25, 0.3) is 0 Å². The van der Waals surface area contributed by atoms with E-state index in [1.807, 2.05) is 6.07 Å². The van der Waals surface area contributed by atoms with Crippen LogP contribution in [0.5, 0.6) is 0 Å². The summed E-state index contributed by atoms with van der Waals surface area (Å²) in [6.45, 7) is 7.39. The summed E-state index contributed by atoms with van der Waals surface area (Å²) in [5.41, 5.74) is 6.49. The Morgan fingerprint density at radius 1 is 1.17 bits per heavy atom. The molecule has 0 aliphatic carbocycles. The third-order valence-electron chi connectivity index (χ3n) is 5.79. The lowest BCUT2D eigenvalue weighted by Crippen LogP contribution is -2.31. The number of fused-ring (bicyclic) bond motifs is 2. The Kier molecular flexibility index (Phi) is 5.52. The van der Waals surface area contributed by atoms with Gasteiger partial charge in [0.15, 0.2) is 5.82 Å². The summed E-state index contributed by atoms with van der Waals surface area (Å²) in [6.07, 6.45) is 0.971. The first-order valence-electron chi connectivity index (χ1n) is 9.93. The third kappa shape index (κ3) is 3.59. The van der Waals surface area contributed by atoms with Crippen LogP contribution in [-0.2, 0) is 29.2 Å². The molecule has 1 aromatic carbocycles. The van der Waals surface area contributed by atoms with E-state index in [9.17, 15) is 5.26 Å². The molecule has 6 nitrogen and oxygen atoms in total. The van der Waals surface area contributed by atoms with E-state index >= 15 is 0 Å². The topological polar surface area (TPSA) is 63.3 Å². The molecule has 0 spiro atoms. The Morgan fingerprint density at radius 2 is 1.97 bits per heavy atom. The molecular weight excluding hydrogens is 364 g/mol. The molecular formula is C23H26N4O2. The molecule has 0 atom stereocenters. The fourth-order valence-corrected chi connectivity index (χ4v) is 4.06. The average Bonchev–Trinajstić information content (AvgIpc) is 3.00. The minimum atomic E-state index is 0.435. The zero-order valence-corrected chi connectivity index (χ0v) is 17.2. The number of nitriles is 1. The van der Waals surface area contributed by atoms with E-state index < -0.39 is 0 Å². The van der Waals surface area contributed by atoms with Crippen LogP contribution in [0.25, 0.3) is 10.9 Å². The third-order valence-corrected chi connectivity index (χ3v) is 5.79. The molecule has 0 radical (unpaired) electrons. The van der Waals surface area contributed by atoms with Crippen LogP contribution in [0, 0.1) is 25.2 Å². The SMILES string of the molecule is COCCOCn1c(C)c(C)c2cc(C#N)nc(N3CCc4ccccc4C3)c21. The summed E-state index contributed by atoms with van der Waals surface area (Å²) >= 11 is 0. The number of aryl methyl sites for hydroxylation is 1. The monoisotopic (exact) mass is 390 g/mol.